The molecule has 5 nitrogen and oxygen atoms in total. The molecule has 25 heavy (non-hydrogen) atoms. The van der Waals surface area contributed by atoms with Gasteiger partial charge in [-0.2, -0.15) is 5.10 Å². The highest BCUT2D eigenvalue weighted by molar-refractivity contribution is 14.0. The van der Waals surface area contributed by atoms with Gasteiger partial charge in [0.1, 0.15) is 0 Å². The summed E-state index contributed by atoms with van der Waals surface area (Å²) in [4.78, 5) is 5.99. The highest BCUT2D eigenvalue weighted by Gasteiger charge is 2.08. The number of aromatic nitrogens is 2. The fourth-order valence-corrected chi connectivity index (χ4v) is 3.19. The first-order chi connectivity index (χ1) is 11.6. The van der Waals surface area contributed by atoms with Crippen LogP contribution in [0.4, 0.5) is 0 Å². The molecule has 0 saturated heterocycles. The molecular formula is C18H28IN5S. The molecule has 0 atom stereocenters. The number of nitrogens with zero attached hydrogens (tertiary/aromatic N) is 3. The maximum absolute atomic E-state index is 4.70. The minimum atomic E-state index is 0. The Labute approximate surface area is 172 Å². The number of hydrogen-bond donors (Lipinski definition) is 2. The molecule has 0 fully saturated rings. The zero-order chi connectivity index (χ0) is 17.4. The lowest BCUT2D eigenvalue weighted by Crippen LogP contribution is -2.38. The van der Waals surface area contributed by atoms with Gasteiger partial charge in [0.05, 0.1) is 12.2 Å². The Bertz CT molecular complexity index is 670. The molecule has 0 saturated carbocycles. The predicted octanol–water partition coefficient (Wildman–Crippen LogP) is 3.50. The number of rotatable bonds is 7. The molecule has 2 aromatic rings. The van der Waals surface area contributed by atoms with Crippen LogP contribution in [-0.4, -0.2) is 34.6 Å². The smallest absolute Gasteiger partial charge is 0.191 e. The Morgan fingerprint density at radius 2 is 1.92 bits per heavy atom. The molecule has 2 N–H and O–H groups in total. The van der Waals surface area contributed by atoms with E-state index < -0.39 is 0 Å². The van der Waals surface area contributed by atoms with E-state index in [9.17, 15) is 0 Å². The molecule has 0 amide bonds. The topological polar surface area (TPSA) is 54.2 Å². The van der Waals surface area contributed by atoms with Crippen LogP contribution in [0.25, 0.3) is 0 Å². The number of guanidine groups is 1. The zero-order valence-corrected chi connectivity index (χ0v) is 18.5. The van der Waals surface area contributed by atoms with E-state index in [0.717, 1.165) is 30.5 Å². The van der Waals surface area contributed by atoms with Crippen molar-refractivity contribution in [3.8, 4) is 0 Å². The second-order valence-electron chi connectivity index (χ2n) is 5.56. The first-order valence-electron chi connectivity index (χ1n) is 8.31. The number of hydrogen-bond acceptors (Lipinski definition) is 3. The quantitative estimate of drug-likeness (QED) is 0.213. The van der Waals surface area contributed by atoms with Gasteiger partial charge in [0.25, 0.3) is 0 Å². The minimum absolute atomic E-state index is 0. The average molecular weight is 473 g/mol. The molecule has 0 bridgehead atoms. The Balaban J connectivity index is 0.00000312. The summed E-state index contributed by atoms with van der Waals surface area (Å²) < 4.78 is 1.91. The van der Waals surface area contributed by atoms with Crippen molar-refractivity contribution in [2.75, 3.05) is 18.8 Å². The van der Waals surface area contributed by atoms with Crippen LogP contribution in [0.15, 0.2) is 40.2 Å². The summed E-state index contributed by atoms with van der Waals surface area (Å²) in [6.07, 6.45) is 0. The molecule has 0 aliphatic carbocycles. The lowest BCUT2D eigenvalue weighted by atomic mass is 10.2. The van der Waals surface area contributed by atoms with Gasteiger partial charge in [0, 0.05) is 42.0 Å². The molecule has 1 aromatic carbocycles. The molecule has 0 radical (unpaired) electrons. The largest absolute Gasteiger partial charge is 0.357 e. The van der Waals surface area contributed by atoms with Crippen LogP contribution >= 0.6 is 35.7 Å². The van der Waals surface area contributed by atoms with Gasteiger partial charge in [-0.15, -0.1) is 35.7 Å². The number of aliphatic imine (C=N–C) groups is 1. The third-order valence-electron chi connectivity index (χ3n) is 3.80. The van der Waals surface area contributed by atoms with Gasteiger partial charge in [-0.1, -0.05) is 18.2 Å². The summed E-state index contributed by atoms with van der Waals surface area (Å²) in [5.74, 6) is 1.85. The molecule has 0 spiro atoms. The van der Waals surface area contributed by atoms with Crippen LogP contribution < -0.4 is 10.6 Å². The summed E-state index contributed by atoms with van der Waals surface area (Å²) in [5.41, 5.74) is 3.43. The Morgan fingerprint density at radius 3 is 2.52 bits per heavy atom. The maximum atomic E-state index is 4.70. The van der Waals surface area contributed by atoms with Crippen LogP contribution in [0.2, 0.25) is 0 Å². The monoisotopic (exact) mass is 473 g/mol. The third-order valence-corrected chi connectivity index (χ3v) is 4.82. The lowest BCUT2D eigenvalue weighted by molar-refractivity contribution is 0.730. The van der Waals surface area contributed by atoms with Crippen LogP contribution in [0.3, 0.4) is 0 Å². The van der Waals surface area contributed by atoms with E-state index in [1.165, 1.54) is 16.2 Å². The van der Waals surface area contributed by atoms with Gasteiger partial charge in [0.2, 0.25) is 0 Å². The van der Waals surface area contributed by atoms with E-state index in [1.807, 2.05) is 36.5 Å². The summed E-state index contributed by atoms with van der Waals surface area (Å²) in [6.45, 7) is 8.57. The number of thioether (sulfide) groups is 1. The van der Waals surface area contributed by atoms with Crippen molar-refractivity contribution in [3.63, 3.8) is 0 Å². The first-order valence-corrected chi connectivity index (χ1v) is 9.29. The van der Waals surface area contributed by atoms with Gasteiger partial charge < -0.3 is 10.6 Å². The molecular weight excluding hydrogens is 445 g/mol. The highest BCUT2D eigenvalue weighted by Crippen LogP contribution is 2.16. The summed E-state index contributed by atoms with van der Waals surface area (Å²) in [7, 11) is 1.97. The van der Waals surface area contributed by atoms with E-state index in [1.54, 1.807) is 0 Å². The summed E-state index contributed by atoms with van der Waals surface area (Å²) in [6, 6.07) is 10.5. The van der Waals surface area contributed by atoms with Crippen LogP contribution in [-0.2, 0) is 13.6 Å². The van der Waals surface area contributed by atoms with Crippen molar-refractivity contribution in [1.82, 2.24) is 20.4 Å². The third kappa shape index (κ3) is 6.89. The number of nitrogens with one attached hydrogen (secondary N) is 2. The molecule has 1 heterocycles. The Hall–Kier alpha value is -1.22. The van der Waals surface area contributed by atoms with Crippen LogP contribution in [0.5, 0.6) is 0 Å². The SMILES string of the molecule is CCNC(=NCc1c(C)nn(C)c1C)NCCSc1ccccc1.I. The average Bonchev–Trinajstić information content (AvgIpc) is 2.82. The molecule has 1 aromatic heterocycles. The van der Waals surface area contributed by atoms with Crippen molar-refractivity contribution in [1.29, 1.82) is 0 Å². The Morgan fingerprint density at radius 1 is 1.20 bits per heavy atom. The van der Waals surface area contributed by atoms with Gasteiger partial charge in [0.15, 0.2) is 5.96 Å². The first kappa shape index (κ1) is 21.8. The van der Waals surface area contributed by atoms with E-state index in [4.69, 9.17) is 4.99 Å². The predicted molar refractivity (Wildman–Crippen MR) is 118 cm³/mol. The van der Waals surface area contributed by atoms with Gasteiger partial charge in [-0.3, -0.25) is 4.68 Å². The number of halogens is 1. The van der Waals surface area contributed by atoms with Crippen LogP contribution in [0, 0.1) is 13.8 Å². The molecule has 0 aliphatic heterocycles. The van der Waals surface area contributed by atoms with E-state index in [2.05, 4.69) is 53.8 Å². The van der Waals surface area contributed by atoms with Crippen molar-refractivity contribution < 1.29 is 0 Å². The van der Waals surface area contributed by atoms with Gasteiger partial charge in [-0.25, -0.2) is 4.99 Å². The number of aryl methyl sites for hydroxylation is 2. The maximum Gasteiger partial charge on any atom is 0.191 e. The van der Waals surface area contributed by atoms with Gasteiger partial charge in [-0.05, 0) is 32.9 Å². The van der Waals surface area contributed by atoms with E-state index in [0.29, 0.717) is 6.54 Å². The lowest BCUT2D eigenvalue weighted by Gasteiger charge is -2.11. The summed E-state index contributed by atoms with van der Waals surface area (Å²) >= 11 is 1.84. The normalized spacial score (nSPS) is 11.1. The molecule has 0 aliphatic rings. The molecule has 7 heteroatoms. The van der Waals surface area contributed by atoms with Crippen LogP contribution in [0.1, 0.15) is 23.9 Å². The van der Waals surface area contributed by atoms with Gasteiger partial charge >= 0.3 is 0 Å². The molecule has 138 valence electrons. The van der Waals surface area contributed by atoms with Crippen molar-refractivity contribution in [2.24, 2.45) is 12.0 Å². The Kier molecular flexibility index (Phi) is 9.96. The highest BCUT2D eigenvalue weighted by atomic mass is 127. The van der Waals surface area contributed by atoms with E-state index >= 15 is 0 Å². The second-order valence-corrected chi connectivity index (χ2v) is 6.72. The standard InChI is InChI=1S/C18H27N5S.HI/c1-5-19-18(20-11-12-24-16-9-7-6-8-10-16)21-13-17-14(2)22-23(4)15(17)3;/h6-10H,5,11-13H2,1-4H3,(H2,19,20,21);1H. The second kappa shape index (κ2) is 11.4. The number of benzene rings is 1. The fraction of sp³-hybridized carbons (Fsp3) is 0.444. The minimum Gasteiger partial charge on any atom is -0.357 e. The van der Waals surface area contributed by atoms with Crippen molar-refractivity contribution in [2.45, 2.75) is 32.2 Å². The van der Waals surface area contributed by atoms with Crippen molar-refractivity contribution >= 4 is 41.7 Å². The zero-order valence-electron chi connectivity index (χ0n) is 15.4. The van der Waals surface area contributed by atoms with Crippen molar-refractivity contribution in [3.05, 3.63) is 47.3 Å². The van der Waals surface area contributed by atoms with E-state index in [-0.39, 0.29) is 24.0 Å². The molecule has 2 rings (SSSR count). The fourth-order valence-electron chi connectivity index (χ4n) is 2.40. The molecule has 0 unspecified atom stereocenters. The summed E-state index contributed by atoms with van der Waals surface area (Å²) in [5, 5.41) is 11.1.